The van der Waals surface area contributed by atoms with Gasteiger partial charge in [0.25, 0.3) is 0 Å². The van der Waals surface area contributed by atoms with Crippen molar-refractivity contribution in [3.8, 4) is 0 Å². The summed E-state index contributed by atoms with van der Waals surface area (Å²) < 4.78 is 0. The summed E-state index contributed by atoms with van der Waals surface area (Å²) in [6.07, 6.45) is 9.55. The third-order valence-electron chi connectivity index (χ3n) is 3.63. The molecular formula is C13H20N2. The van der Waals surface area contributed by atoms with Crippen molar-refractivity contribution in [3.63, 3.8) is 0 Å². The van der Waals surface area contributed by atoms with Crippen LogP contribution >= 0.6 is 0 Å². The van der Waals surface area contributed by atoms with Crippen LogP contribution in [-0.4, -0.2) is 11.5 Å². The van der Waals surface area contributed by atoms with Gasteiger partial charge in [-0.25, -0.2) is 0 Å². The average molecular weight is 204 g/mol. The predicted octanol–water partition coefficient (Wildman–Crippen LogP) is 2.53. The molecule has 15 heavy (non-hydrogen) atoms. The fourth-order valence-corrected chi connectivity index (χ4v) is 2.64. The monoisotopic (exact) mass is 204 g/mol. The van der Waals surface area contributed by atoms with Gasteiger partial charge in [-0.2, -0.15) is 0 Å². The first-order valence-corrected chi connectivity index (χ1v) is 5.95. The van der Waals surface area contributed by atoms with Crippen LogP contribution < -0.4 is 5.73 Å². The molecule has 2 N–H and O–H groups in total. The maximum absolute atomic E-state index is 5.96. The lowest BCUT2D eigenvalue weighted by Gasteiger charge is -2.36. The van der Waals surface area contributed by atoms with Gasteiger partial charge >= 0.3 is 0 Å². The Morgan fingerprint density at radius 1 is 1.20 bits per heavy atom. The number of aromatic nitrogens is 1. The van der Waals surface area contributed by atoms with E-state index in [1.165, 1.54) is 37.8 Å². The number of rotatable bonds is 3. The van der Waals surface area contributed by atoms with Crippen molar-refractivity contribution in [2.45, 2.75) is 38.5 Å². The third kappa shape index (κ3) is 2.57. The molecule has 0 saturated heterocycles. The Morgan fingerprint density at radius 2 is 2.00 bits per heavy atom. The molecule has 1 aliphatic carbocycles. The molecule has 2 heteroatoms. The molecule has 1 aromatic rings. The van der Waals surface area contributed by atoms with Crippen molar-refractivity contribution in [2.24, 2.45) is 11.1 Å². The zero-order chi connectivity index (χ0) is 10.6. The second kappa shape index (κ2) is 4.75. The van der Waals surface area contributed by atoms with Gasteiger partial charge in [0.1, 0.15) is 0 Å². The fourth-order valence-electron chi connectivity index (χ4n) is 2.64. The topological polar surface area (TPSA) is 38.9 Å². The minimum atomic E-state index is 0.340. The molecular weight excluding hydrogens is 184 g/mol. The van der Waals surface area contributed by atoms with Crippen LogP contribution in [0.5, 0.6) is 0 Å². The van der Waals surface area contributed by atoms with Crippen LogP contribution in [0.4, 0.5) is 0 Å². The Morgan fingerprint density at radius 3 is 2.60 bits per heavy atom. The highest BCUT2D eigenvalue weighted by molar-refractivity contribution is 5.07. The Kier molecular flexibility index (Phi) is 3.37. The molecule has 1 fully saturated rings. The quantitative estimate of drug-likeness (QED) is 0.821. The predicted molar refractivity (Wildman–Crippen MR) is 62.5 cm³/mol. The molecule has 0 bridgehead atoms. The Bertz CT molecular complexity index is 289. The average Bonchev–Trinajstić information content (AvgIpc) is 2.32. The Labute approximate surface area is 91.9 Å². The van der Waals surface area contributed by atoms with Gasteiger partial charge in [0.2, 0.25) is 0 Å². The Hall–Kier alpha value is -0.890. The van der Waals surface area contributed by atoms with Crippen molar-refractivity contribution < 1.29 is 0 Å². The fraction of sp³-hybridized carbons (Fsp3) is 0.615. The molecule has 0 spiro atoms. The molecule has 1 aromatic heterocycles. The molecule has 2 nitrogen and oxygen atoms in total. The van der Waals surface area contributed by atoms with Crippen molar-refractivity contribution in [1.29, 1.82) is 0 Å². The molecule has 1 saturated carbocycles. The maximum Gasteiger partial charge on any atom is 0.0409 e. The molecule has 1 aliphatic rings. The van der Waals surface area contributed by atoms with E-state index in [9.17, 15) is 0 Å². The van der Waals surface area contributed by atoms with Gasteiger partial charge in [-0.15, -0.1) is 0 Å². The lowest BCUT2D eigenvalue weighted by atomic mass is 9.71. The van der Waals surface area contributed by atoms with Crippen LogP contribution in [0.15, 0.2) is 24.4 Å². The van der Waals surface area contributed by atoms with E-state index in [2.05, 4.69) is 17.1 Å². The van der Waals surface area contributed by atoms with E-state index in [4.69, 9.17) is 5.73 Å². The minimum absolute atomic E-state index is 0.340. The first-order valence-electron chi connectivity index (χ1n) is 5.95. The van der Waals surface area contributed by atoms with Crippen LogP contribution in [0.2, 0.25) is 0 Å². The van der Waals surface area contributed by atoms with Crippen molar-refractivity contribution >= 4 is 0 Å². The number of pyridine rings is 1. The van der Waals surface area contributed by atoms with E-state index in [1.807, 2.05) is 12.3 Å². The highest BCUT2D eigenvalue weighted by atomic mass is 14.7. The normalized spacial score (nSPS) is 20.1. The van der Waals surface area contributed by atoms with Crippen LogP contribution in [0.25, 0.3) is 0 Å². The SMILES string of the molecule is NCC1(Cc2ccccn2)CCCCC1. The van der Waals surface area contributed by atoms with Crippen LogP contribution in [0.3, 0.4) is 0 Å². The second-order valence-corrected chi connectivity index (χ2v) is 4.76. The van der Waals surface area contributed by atoms with Crippen molar-refractivity contribution in [3.05, 3.63) is 30.1 Å². The van der Waals surface area contributed by atoms with Crippen LogP contribution in [-0.2, 0) is 6.42 Å². The Balaban J connectivity index is 2.07. The molecule has 0 amide bonds. The van der Waals surface area contributed by atoms with E-state index in [1.54, 1.807) is 0 Å². The van der Waals surface area contributed by atoms with Crippen LogP contribution in [0.1, 0.15) is 37.8 Å². The first-order chi connectivity index (χ1) is 7.35. The van der Waals surface area contributed by atoms with Crippen molar-refractivity contribution in [1.82, 2.24) is 4.98 Å². The lowest BCUT2D eigenvalue weighted by molar-refractivity contribution is 0.195. The van der Waals surface area contributed by atoms with Gasteiger partial charge in [0.15, 0.2) is 0 Å². The minimum Gasteiger partial charge on any atom is -0.330 e. The molecule has 0 radical (unpaired) electrons. The standard InChI is InChI=1S/C13H20N2/c14-11-13(7-3-1-4-8-13)10-12-6-2-5-9-15-12/h2,5-6,9H,1,3-4,7-8,10-11,14H2. The van der Waals surface area contributed by atoms with Gasteiger partial charge in [0.05, 0.1) is 0 Å². The van der Waals surface area contributed by atoms with Gasteiger partial charge in [0, 0.05) is 11.9 Å². The summed E-state index contributed by atoms with van der Waals surface area (Å²) in [4.78, 5) is 4.41. The summed E-state index contributed by atoms with van der Waals surface area (Å²) in [5.74, 6) is 0. The zero-order valence-corrected chi connectivity index (χ0v) is 9.28. The van der Waals surface area contributed by atoms with E-state index in [0.29, 0.717) is 5.41 Å². The largest absolute Gasteiger partial charge is 0.330 e. The summed E-state index contributed by atoms with van der Waals surface area (Å²) in [7, 11) is 0. The summed E-state index contributed by atoms with van der Waals surface area (Å²) in [5, 5.41) is 0. The lowest BCUT2D eigenvalue weighted by Crippen LogP contribution is -2.35. The third-order valence-corrected chi connectivity index (χ3v) is 3.63. The number of hydrogen-bond acceptors (Lipinski definition) is 2. The summed E-state index contributed by atoms with van der Waals surface area (Å²) in [6, 6.07) is 6.15. The summed E-state index contributed by atoms with van der Waals surface area (Å²) in [6.45, 7) is 0.809. The smallest absolute Gasteiger partial charge is 0.0409 e. The number of nitrogens with two attached hydrogens (primary N) is 1. The zero-order valence-electron chi connectivity index (χ0n) is 9.28. The van der Waals surface area contributed by atoms with Crippen molar-refractivity contribution in [2.75, 3.05) is 6.54 Å². The van der Waals surface area contributed by atoms with Gasteiger partial charge in [-0.05, 0) is 43.4 Å². The van der Waals surface area contributed by atoms with Gasteiger partial charge in [-0.1, -0.05) is 25.3 Å². The molecule has 82 valence electrons. The highest BCUT2D eigenvalue weighted by Gasteiger charge is 2.30. The molecule has 0 unspecified atom stereocenters. The molecule has 1 heterocycles. The van der Waals surface area contributed by atoms with E-state index in [-0.39, 0.29) is 0 Å². The highest BCUT2D eigenvalue weighted by Crippen LogP contribution is 2.37. The second-order valence-electron chi connectivity index (χ2n) is 4.76. The molecule has 0 aromatic carbocycles. The van der Waals surface area contributed by atoms with Gasteiger partial charge in [-0.3, -0.25) is 4.98 Å². The van der Waals surface area contributed by atoms with E-state index < -0.39 is 0 Å². The number of nitrogens with zero attached hydrogens (tertiary/aromatic N) is 1. The number of hydrogen-bond donors (Lipinski definition) is 1. The maximum atomic E-state index is 5.96. The van der Waals surface area contributed by atoms with Gasteiger partial charge < -0.3 is 5.73 Å². The molecule has 0 atom stereocenters. The molecule has 0 aliphatic heterocycles. The molecule has 2 rings (SSSR count). The summed E-state index contributed by atoms with van der Waals surface area (Å²) >= 11 is 0. The summed E-state index contributed by atoms with van der Waals surface area (Å²) in [5.41, 5.74) is 7.50. The first kappa shape index (κ1) is 10.6. The van der Waals surface area contributed by atoms with E-state index >= 15 is 0 Å². The van der Waals surface area contributed by atoms with E-state index in [0.717, 1.165) is 13.0 Å². The van der Waals surface area contributed by atoms with Crippen LogP contribution in [0, 0.1) is 5.41 Å².